The van der Waals surface area contributed by atoms with Gasteiger partial charge >= 0.3 is 0 Å². The lowest BCUT2D eigenvalue weighted by Gasteiger charge is -2.21. The fraction of sp³-hybridized carbons (Fsp3) is 0.733. The maximum atomic E-state index is 3.57. The van der Waals surface area contributed by atoms with Gasteiger partial charge in [0.1, 0.15) is 0 Å². The van der Waals surface area contributed by atoms with Crippen molar-refractivity contribution >= 4 is 11.3 Å². The summed E-state index contributed by atoms with van der Waals surface area (Å²) in [6.07, 6.45) is 4.09. The maximum Gasteiger partial charge on any atom is 0.0331 e. The number of nitrogens with one attached hydrogen (secondary N) is 1. The summed E-state index contributed by atoms with van der Waals surface area (Å²) in [5.74, 6) is 0.808. The van der Waals surface area contributed by atoms with Gasteiger partial charge in [0.25, 0.3) is 0 Å². The Morgan fingerprint density at radius 3 is 2.83 bits per heavy atom. The second-order valence-corrected chi connectivity index (χ2v) is 6.75. The predicted octanol–water partition coefficient (Wildman–Crippen LogP) is 3.35. The van der Waals surface area contributed by atoms with E-state index < -0.39 is 0 Å². The summed E-state index contributed by atoms with van der Waals surface area (Å²) in [4.78, 5) is 4.15. The van der Waals surface area contributed by atoms with Gasteiger partial charge in [0.15, 0.2) is 0 Å². The van der Waals surface area contributed by atoms with Crippen LogP contribution < -0.4 is 5.32 Å². The van der Waals surface area contributed by atoms with E-state index in [2.05, 4.69) is 41.6 Å². The molecule has 1 fully saturated rings. The van der Waals surface area contributed by atoms with Crippen LogP contribution in [0, 0.1) is 5.92 Å². The molecule has 0 unspecified atom stereocenters. The average molecular weight is 266 g/mol. The van der Waals surface area contributed by atoms with Crippen molar-refractivity contribution in [3.8, 4) is 0 Å². The molecule has 0 aromatic carbocycles. The maximum absolute atomic E-state index is 3.57. The molecule has 1 aromatic heterocycles. The van der Waals surface area contributed by atoms with E-state index in [9.17, 15) is 0 Å². The monoisotopic (exact) mass is 266 g/mol. The quantitative estimate of drug-likeness (QED) is 0.690. The SMILES string of the molecule is CC(C)CCNCCN(Cc1cccs1)C1CC1. The Hall–Kier alpha value is -0.380. The highest BCUT2D eigenvalue weighted by Gasteiger charge is 2.28. The first-order valence-corrected chi connectivity index (χ1v) is 8.11. The van der Waals surface area contributed by atoms with Gasteiger partial charge in [-0.25, -0.2) is 0 Å². The predicted molar refractivity (Wildman–Crippen MR) is 80.1 cm³/mol. The minimum absolute atomic E-state index is 0.808. The van der Waals surface area contributed by atoms with Crippen LogP contribution >= 0.6 is 11.3 Å². The molecule has 3 heteroatoms. The molecule has 1 aliphatic carbocycles. The first-order valence-electron chi connectivity index (χ1n) is 7.23. The van der Waals surface area contributed by atoms with E-state index in [4.69, 9.17) is 0 Å². The molecule has 1 aromatic rings. The summed E-state index contributed by atoms with van der Waals surface area (Å²) >= 11 is 1.88. The highest BCUT2D eigenvalue weighted by Crippen LogP contribution is 2.28. The van der Waals surface area contributed by atoms with Crippen molar-refractivity contribution < 1.29 is 0 Å². The van der Waals surface area contributed by atoms with E-state index in [-0.39, 0.29) is 0 Å². The smallest absolute Gasteiger partial charge is 0.0331 e. The number of rotatable bonds is 9. The molecule has 0 saturated heterocycles. The topological polar surface area (TPSA) is 15.3 Å². The van der Waals surface area contributed by atoms with Crippen molar-refractivity contribution in [2.45, 2.75) is 45.7 Å². The molecule has 1 N–H and O–H groups in total. The molecule has 2 rings (SSSR count). The molecular weight excluding hydrogens is 240 g/mol. The molecule has 0 spiro atoms. The van der Waals surface area contributed by atoms with Crippen molar-refractivity contribution in [1.82, 2.24) is 10.2 Å². The largest absolute Gasteiger partial charge is 0.315 e. The van der Waals surface area contributed by atoms with Gasteiger partial charge in [-0.1, -0.05) is 19.9 Å². The molecule has 1 saturated carbocycles. The lowest BCUT2D eigenvalue weighted by atomic mass is 10.1. The van der Waals surface area contributed by atoms with Crippen molar-refractivity contribution in [3.05, 3.63) is 22.4 Å². The van der Waals surface area contributed by atoms with E-state index in [1.807, 2.05) is 11.3 Å². The first kappa shape index (κ1) is 14.0. The number of hydrogen-bond donors (Lipinski definition) is 1. The molecule has 1 aliphatic rings. The molecule has 0 atom stereocenters. The lowest BCUT2D eigenvalue weighted by molar-refractivity contribution is 0.256. The third-order valence-corrected chi connectivity index (χ3v) is 4.34. The number of nitrogens with zero attached hydrogens (tertiary/aromatic N) is 1. The summed E-state index contributed by atoms with van der Waals surface area (Å²) in [6.45, 7) is 9.21. The number of hydrogen-bond acceptors (Lipinski definition) is 3. The Balaban J connectivity index is 1.64. The zero-order valence-electron chi connectivity index (χ0n) is 11.7. The zero-order valence-corrected chi connectivity index (χ0v) is 12.5. The summed E-state index contributed by atoms with van der Waals surface area (Å²) < 4.78 is 0. The van der Waals surface area contributed by atoms with E-state index in [1.54, 1.807) is 0 Å². The fourth-order valence-electron chi connectivity index (χ4n) is 2.17. The van der Waals surface area contributed by atoms with Crippen molar-refractivity contribution in [1.29, 1.82) is 0 Å². The van der Waals surface area contributed by atoms with Crippen molar-refractivity contribution in [2.24, 2.45) is 5.92 Å². The second kappa shape index (κ2) is 7.27. The van der Waals surface area contributed by atoms with Crippen molar-refractivity contribution in [3.63, 3.8) is 0 Å². The van der Waals surface area contributed by atoms with Crippen LogP contribution in [0.25, 0.3) is 0 Å². The van der Waals surface area contributed by atoms with E-state index in [0.717, 1.165) is 31.6 Å². The molecule has 2 nitrogen and oxygen atoms in total. The molecule has 0 amide bonds. The Bertz CT molecular complexity index is 317. The third kappa shape index (κ3) is 5.09. The first-order chi connectivity index (χ1) is 8.75. The van der Waals surface area contributed by atoms with Crippen LogP contribution in [0.5, 0.6) is 0 Å². The molecular formula is C15H26N2S. The van der Waals surface area contributed by atoms with E-state index in [1.165, 1.54) is 30.7 Å². The van der Waals surface area contributed by atoms with Gasteiger partial charge in [-0.15, -0.1) is 11.3 Å². The molecule has 1 heterocycles. The van der Waals surface area contributed by atoms with Crippen LogP contribution in [-0.2, 0) is 6.54 Å². The molecule has 0 radical (unpaired) electrons. The zero-order chi connectivity index (χ0) is 12.8. The summed E-state index contributed by atoms with van der Waals surface area (Å²) in [5.41, 5.74) is 0. The van der Waals surface area contributed by atoms with Gasteiger partial charge in [-0.05, 0) is 43.2 Å². The van der Waals surface area contributed by atoms with Gasteiger partial charge in [-0.2, -0.15) is 0 Å². The Morgan fingerprint density at radius 2 is 2.22 bits per heavy atom. The lowest BCUT2D eigenvalue weighted by Crippen LogP contribution is -2.33. The summed E-state index contributed by atoms with van der Waals surface area (Å²) in [7, 11) is 0. The van der Waals surface area contributed by atoms with Crippen LogP contribution in [0.15, 0.2) is 17.5 Å². The number of thiophene rings is 1. The van der Waals surface area contributed by atoms with Crippen LogP contribution in [0.2, 0.25) is 0 Å². The normalized spacial score (nSPS) is 15.8. The molecule has 102 valence electrons. The Labute approximate surface area is 115 Å². The highest BCUT2D eigenvalue weighted by molar-refractivity contribution is 7.09. The highest BCUT2D eigenvalue weighted by atomic mass is 32.1. The average Bonchev–Trinajstić information content (AvgIpc) is 3.05. The second-order valence-electron chi connectivity index (χ2n) is 5.71. The van der Waals surface area contributed by atoms with Crippen LogP contribution in [0.3, 0.4) is 0 Å². The Morgan fingerprint density at radius 1 is 1.39 bits per heavy atom. The standard InChI is InChI=1S/C15H26N2S/c1-13(2)7-8-16-9-10-17(14-5-6-14)12-15-4-3-11-18-15/h3-4,11,13-14,16H,5-10,12H2,1-2H3. The molecule has 18 heavy (non-hydrogen) atoms. The van der Waals surface area contributed by atoms with Gasteiger partial charge < -0.3 is 5.32 Å². The summed E-state index contributed by atoms with van der Waals surface area (Å²) in [5, 5.41) is 5.75. The van der Waals surface area contributed by atoms with Crippen LogP contribution in [-0.4, -0.2) is 30.6 Å². The van der Waals surface area contributed by atoms with Gasteiger partial charge in [0.05, 0.1) is 0 Å². The minimum Gasteiger partial charge on any atom is -0.315 e. The summed E-state index contributed by atoms with van der Waals surface area (Å²) in [6, 6.07) is 5.28. The van der Waals surface area contributed by atoms with Gasteiger partial charge in [-0.3, -0.25) is 4.90 Å². The van der Waals surface area contributed by atoms with Gasteiger partial charge in [0.2, 0.25) is 0 Å². The van der Waals surface area contributed by atoms with Gasteiger partial charge in [0, 0.05) is 30.6 Å². The Kier molecular flexibility index (Phi) is 5.67. The van der Waals surface area contributed by atoms with Crippen LogP contribution in [0.4, 0.5) is 0 Å². The fourth-order valence-corrected chi connectivity index (χ4v) is 2.90. The van der Waals surface area contributed by atoms with E-state index in [0.29, 0.717) is 0 Å². The molecule has 0 aliphatic heterocycles. The van der Waals surface area contributed by atoms with Crippen LogP contribution in [0.1, 0.15) is 38.0 Å². The van der Waals surface area contributed by atoms with E-state index >= 15 is 0 Å². The van der Waals surface area contributed by atoms with Crippen molar-refractivity contribution in [2.75, 3.05) is 19.6 Å². The minimum atomic E-state index is 0.808. The third-order valence-electron chi connectivity index (χ3n) is 3.48. The molecule has 0 bridgehead atoms.